The molecule has 0 aromatic heterocycles. The molecule has 4 aliphatic carbocycles. The van der Waals surface area contributed by atoms with Crippen molar-refractivity contribution in [1.29, 1.82) is 0 Å². The van der Waals surface area contributed by atoms with Gasteiger partial charge in [0.1, 0.15) is 6.61 Å². The van der Waals surface area contributed by atoms with Crippen molar-refractivity contribution in [3.05, 3.63) is 0 Å². The molecule has 18 heavy (non-hydrogen) atoms. The van der Waals surface area contributed by atoms with Crippen LogP contribution < -0.4 is 5.32 Å². The maximum atomic E-state index is 11.7. The van der Waals surface area contributed by atoms with Gasteiger partial charge in [0.25, 0.3) is 0 Å². The largest absolute Gasteiger partial charge is 0.375 e. The lowest BCUT2D eigenvalue weighted by Gasteiger charge is -2.59. The summed E-state index contributed by atoms with van der Waals surface area (Å²) in [7, 11) is 1.58. The molecule has 4 saturated carbocycles. The molecule has 1 unspecified atom stereocenters. The van der Waals surface area contributed by atoms with Gasteiger partial charge in [0.05, 0.1) is 0 Å². The zero-order chi connectivity index (χ0) is 12.8. The Kier molecular flexibility index (Phi) is 3.13. The van der Waals surface area contributed by atoms with Crippen molar-refractivity contribution in [3.8, 4) is 0 Å². The molecule has 0 spiro atoms. The first-order chi connectivity index (χ1) is 8.61. The minimum absolute atomic E-state index is 0.0424. The fraction of sp³-hybridized carbons (Fsp3) is 0.933. The van der Waals surface area contributed by atoms with Gasteiger partial charge in [0.2, 0.25) is 5.91 Å². The standard InChI is InChI=1S/C15H25NO2/c1-10(16-14(17)9-18-2)15-6-11-3-12(7-15)5-13(4-11)8-15/h10-13H,3-9H2,1-2H3,(H,16,17). The van der Waals surface area contributed by atoms with Gasteiger partial charge in [-0.05, 0) is 68.6 Å². The van der Waals surface area contributed by atoms with Crippen LogP contribution in [0.4, 0.5) is 0 Å². The van der Waals surface area contributed by atoms with E-state index in [9.17, 15) is 4.79 Å². The number of carbonyl (C=O) groups is 1. The smallest absolute Gasteiger partial charge is 0.246 e. The molecule has 4 rings (SSSR count). The van der Waals surface area contributed by atoms with Crippen LogP contribution in [0.3, 0.4) is 0 Å². The molecule has 0 aromatic rings. The summed E-state index contributed by atoms with van der Waals surface area (Å²) in [6.45, 7) is 2.40. The van der Waals surface area contributed by atoms with E-state index in [1.54, 1.807) is 7.11 Å². The number of hydrogen-bond acceptors (Lipinski definition) is 2. The van der Waals surface area contributed by atoms with Gasteiger partial charge >= 0.3 is 0 Å². The molecule has 1 atom stereocenters. The van der Waals surface area contributed by atoms with E-state index >= 15 is 0 Å². The minimum Gasteiger partial charge on any atom is -0.375 e. The Hall–Kier alpha value is -0.570. The lowest BCUT2D eigenvalue weighted by Crippen LogP contribution is -2.56. The van der Waals surface area contributed by atoms with Crippen LogP contribution in [-0.4, -0.2) is 25.7 Å². The summed E-state index contributed by atoms with van der Waals surface area (Å²) < 4.78 is 4.91. The van der Waals surface area contributed by atoms with Crippen LogP contribution in [0, 0.1) is 23.2 Å². The van der Waals surface area contributed by atoms with Crippen LogP contribution in [0.25, 0.3) is 0 Å². The second-order valence-corrected chi connectivity index (χ2v) is 7.00. The highest BCUT2D eigenvalue weighted by atomic mass is 16.5. The Labute approximate surface area is 110 Å². The molecule has 102 valence electrons. The topological polar surface area (TPSA) is 38.3 Å². The first kappa shape index (κ1) is 12.5. The van der Waals surface area contributed by atoms with Crippen LogP contribution >= 0.6 is 0 Å². The Bertz CT molecular complexity index is 304. The third-order valence-corrected chi connectivity index (χ3v) is 5.66. The van der Waals surface area contributed by atoms with E-state index in [2.05, 4.69) is 12.2 Å². The normalized spacial score (nSPS) is 42.9. The van der Waals surface area contributed by atoms with Gasteiger partial charge in [-0.3, -0.25) is 4.79 Å². The molecule has 3 heteroatoms. The van der Waals surface area contributed by atoms with Crippen molar-refractivity contribution in [2.24, 2.45) is 23.2 Å². The molecule has 3 nitrogen and oxygen atoms in total. The number of amides is 1. The van der Waals surface area contributed by atoms with E-state index in [0.29, 0.717) is 11.5 Å². The third kappa shape index (κ3) is 2.07. The van der Waals surface area contributed by atoms with Gasteiger partial charge in [-0.25, -0.2) is 0 Å². The summed E-state index contributed by atoms with van der Waals surface area (Å²) in [5.41, 5.74) is 0.401. The van der Waals surface area contributed by atoms with Crippen molar-refractivity contribution >= 4 is 5.91 Å². The van der Waals surface area contributed by atoms with Gasteiger partial charge in [-0.2, -0.15) is 0 Å². The van der Waals surface area contributed by atoms with E-state index in [-0.39, 0.29) is 12.5 Å². The lowest BCUT2D eigenvalue weighted by atomic mass is 9.48. The Morgan fingerprint density at radius 2 is 1.72 bits per heavy atom. The maximum absolute atomic E-state index is 11.7. The van der Waals surface area contributed by atoms with Crippen LogP contribution in [0.15, 0.2) is 0 Å². The third-order valence-electron chi connectivity index (χ3n) is 5.66. The van der Waals surface area contributed by atoms with Crippen molar-refractivity contribution in [1.82, 2.24) is 5.32 Å². The second kappa shape index (κ2) is 4.52. The van der Waals surface area contributed by atoms with Crippen molar-refractivity contribution in [3.63, 3.8) is 0 Å². The van der Waals surface area contributed by atoms with E-state index in [4.69, 9.17) is 4.74 Å². The van der Waals surface area contributed by atoms with Crippen molar-refractivity contribution < 1.29 is 9.53 Å². The Morgan fingerprint density at radius 3 is 2.17 bits per heavy atom. The Balaban J connectivity index is 1.69. The summed E-state index contributed by atoms with van der Waals surface area (Å²) >= 11 is 0. The summed E-state index contributed by atoms with van der Waals surface area (Å²) in [5.74, 6) is 2.87. The average Bonchev–Trinajstić information content (AvgIpc) is 2.27. The monoisotopic (exact) mass is 251 g/mol. The Morgan fingerprint density at radius 1 is 1.22 bits per heavy atom. The van der Waals surface area contributed by atoms with Crippen LogP contribution in [0.1, 0.15) is 45.4 Å². The molecule has 4 bridgehead atoms. The SMILES string of the molecule is COCC(=O)NC(C)C12CC3CC(CC(C3)C1)C2. The molecule has 0 aliphatic heterocycles. The van der Waals surface area contributed by atoms with Crippen LogP contribution in [0.5, 0.6) is 0 Å². The summed E-state index contributed by atoms with van der Waals surface area (Å²) in [6, 6.07) is 0.313. The highest BCUT2D eigenvalue weighted by Gasteiger charge is 2.53. The molecule has 0 radical (unpaired) electrons. The first-order valence-corrected chi connectivity index (χ1v) is 7.39. The number of nitrogens with one attached hydrogen (secondary N) is 1. The van der Waals surface area contributed by atoms with Crippen molar-refractivity contribution in [2.75, 3.05) is 13.7 Å². The molecule has 0 aromatic carbocycles. The van der Waals surface area contributed by atoms with E-state index in [0.717, 1.165) is 17.8 Å². The molecule has 0 heterocycles. The lowest BCUT2D eigenvalue weighted by molar-refractivity contribution is -0.129. The van der Waals surface area contributed by atoms with Gasteiger partial charge in [0.15, 0.2) is 0 Å². The summed E-state index contributed by atoms with van der Waals surface area (Å²) in [5, 5.41) is 3.17. The molecule has 4 aliphatic rings. The molecule has 1 amide bonds. The molecule has 4 fully saturated rings. The van der Waals surface area contributed by atoms with E-state index in [1.807, 2.05) is 0 Å². The van der Waals surface area contributed by atoms with E-state index < -0.39 is 0 Å². The highest BCUT2D eigenvalue weighted by Crippen LogP contribution is 2.61. The van der Waals surface area contributed by atoms with Crippen molar-refractivity contribution in [2.45, 2.75) is 51.5 Å². The number of carbonyl (C=O) groups excluding carboxylic acids is 1. The van der Waals surface area contributed by atoms with E-state index in [1.165, 1.54) is 38.5 Å². The van der Waals surface area contributed by atoms with Gasteiger partial charge in [0, 0.05) is 13.2 Å². The molecule has 1 N–H and O–H groups in total. The van der Waals surface area contributed by atoms with Gasteiger partial charge in [-0.1, -0.05) is 0 Å². The highest BCUT2D eigenvalue weighted by molar-refractivity contribution is 5.77. The number of rotatable bonds is 4. The molecular formula is C15H25NO2. The average molecular weight is 251 g/mol. The zero-order valence-corrected chi connectivity index (χ0v) is 11.6. The zero-order valence-electron chi connectivity index (χ0n) is 11.6. The predicted molar refractivity (Wildman–Crippen MR) is 70.1 cm³/mol. The fourth-order valence-electron chi connectivity index (χ4n) is 5.28. The predicted octanol–water partition coefficient (Wildman–Crippen LogP) is 2.35. The number of ether oxygens (including phenoxy) is 1. The quantitative estimate of drug-likeness (QED) is 0.833. The first-order valence-electron chi connectivity index (χ1n) is 7.39. The second-order valence-electron chi connectivity index (χ2n) is 7.00. The van der Waals surface area contributed by atoms with Crippen LogP contribution in [0.2, 0.25) is 0 Å². The molecule has 0 saturated heterocycles. The maximum Gasteiger partial charge on any atom is 0.246 e. The summed E-state index contributed by atoms with van der Waals surface area (Å²) in [6.07, 6.45) is 8.39. The number of hydrogen-bond donors (Lipinski definition) is 1. The minimum atomic E-state index is 0.0424. The van der Waals surface area contributed by atoms with Crippen LogP contribution in [-0.2, 0) is 9.53 Å². The van der Waals surface area contributed by atoms with Gasteiger partial charge < -0.3 is 10.1 Å². The van der Waals surface area contributed by atoms with Gasteiger partial charge in [-0.15, -0.1) is 0 Å². The molecular weight excluding hydrogens is 226 g/mol. The fourth-order valence-corrected chi connectivity index (χ4v) is 5.28. The summed E-state index contributed by atoms with van der Waals surface area (Å²) in [4.78, 5) is 11.7. The number of methoxy groups -OCH3 is 1.